The average molecular weight is 279 g/mol. The van der Waals surface area contributed by atoms with Gasteiger partial charge in [0.1, 0.15) is 5.75 Å². The molecule has 0 aliphatic carbocycles. The van der Waals surface area contributed by atoms with Crippen molar-refractivity contribution in [3.8, 4) is 17.6 Å². The van der Waals surface area contributed by atoms with E-state index in [0.717, 1.165) is 0 Å². The number of carbonyl (C=O) groups excluding carboxylic acids is 1. The molecule has 0 atom stereocenters. The van der Waals surface area contributed by atoms with E-state index in [1.54, 1.807) is 6.07 Å². The van der Waals surface area contributed by atoms with Crippen molar-refractivity contribution in [3.63, 3.8) is 0 Å². The van der Waals surface area contributed by atoms with Crippen LogP contribution in [0.2, 0.25) is 0 Å². The van der Waals surface area contributed by atoms with Gasteiger partial charge in [0.05, 0.1) is 23.7 Å². The van der Waals surface area contributed by atoms with Crippen LogP contribution in [0.5, 0.6) is 5.75 Å². The number of carbonyl (C=O) groups is 1. The highest BCUT2D eigenvalue weighted by Gasteiger charge is 2.09. The van der Waals surface area contributed by atoms with Crippen LogP contribution in [0.1, 0.15) is 18.9 Å². The topological polar surface area (TPSA) is 69.4 Å². The van der Waals surface area contributed by atoms with Crippen LogP contribution in [0, 0.1) is 22.0 Å². The molecule has 1 aromatic carbocycles. The second kappa shape index (κ2) is 7.44. The van der Waals surface area contributed by atoms with E-state index in [4.69, 9.17) is 4.74 Å². The average Bonchev–Trinajstić information content (AvgIpc) is 2.37. The maximum absolute atomic E-state index is 10.7. The lowest BCUT2D eigenvalue weighted by molar-refractivity contribution is -0.384. The van der Waals surface area contributed by atoms with Crippen molar-refractivity contribution in [2.45, 2.75) is 13.3 Å². The van der Waals surface area contributed by atoms with E-state index in [1.807, 2.05) is 0 Å². The van der Waals surface area contributed by atoms with Crippen LogP contribution in [0.25, 0.3) is 0 Å². The molecule has 0 saturated heterocycles. The third-order valence-electron chi connectivity index (χ3n) is 2.15. The van der Waals surface area contributed by atoms with Crippen molar-refractivity contribution < 1.29 is 14.5 Å². The van der Waals surface area contributed by atoms with Gasteiger partial charge < -0.3 is 4.74 Å². The molecule has 100 valence electrons. The van der Waals surface area contributed by atoms with Gasteiger partial charge in [-0.25, -0.2) is 0 Å². The number of ether oxygens (including phenoxy) is 1. The van der Waals surface area contributed by atoms with Crippen LogP contribution in [0.4, 0.5) is 5.69 Å². The molecule has 0 unspecified atom stereocenters. The normalized spacial score (nSPS) is 9.37. The number of nitrogens with zero attached hydrogens (tertiary/aromatic N) is 1. The largest absolute Gasteiger partial charge is 0.495 e. The summed E-state index contributed by atoms with van der Waals surface area (Å²) in [5.41, 5.74) is 0.565. The zero-order valence-electron chi connectivity index (χ0n) is 10.6. The van der Waals surface area contributed by atoms with Gasteiger partial charge in [0.25, 0.3) is 5.69 Å². The highest BCUT2D eigenvalue weighted by Crippen LogP contribution is 2.23. The Balaban J connectivity index is 2.75. The summed E-state index contributed by atoms with van der Waals surface area (Å²) < 4.78 is 5.07. The molecule has 0 spiro atoms. The molecule has 19 heavy (non-hydrogen) atoms. The number of benzene rings is 1. The van der Waals surface area contributed by atoms with Crippen molar-refractivity contribution in [2.24, 2.45) is 0 Å². The SMILES string of the molecule is COc1cc([N+](=O)[O-])ccc1C#CCCSC(C)=O. The third kappa shape index (κ3) is 5.02. The van der Waals surface area contributed by atoms with Gasteiger partial charge in [-0.3, -0.25) is 14.9 Å². The lowest BCUT2D eigenvalue weighted by Crippen LogP contribution is -1.92. The molecule has 6 heteroatoms. The fourth-order valence-corrected chi connectivity index (χ4v) is 1.79. The first-order chi connectivity index (χ1) is 9.04. The van der Waals surface area contributed by atoms with Crippen LogP contribution in [0.3, 0.4) is 0 Å². The lowest BCUT2D eigenvalue weighted by Gasteiger charge is -2.02. The number of nitro groups is 1. The fourth-order valence-electron chi connectivity index (χ4n) is 1.30. The Morgan fingerprint density at radius 1 is 1.53 bits per heavy atom. The number of thioether (sulfide) groups is 1. The highest BCUT2D eigenvalue weighted by molar-refractivity contribution is 8.13. The Labute approximate surface area is 115 Å². The van der Waals surface area contributed by atoms with E-state index >= 15 is 0 Å². The van der Waals surface area contributed by atoms with Gasteiger partial charge in [0, 0.05) is 25.2 Å². The molecule has 0 heterocycles. The summed E-state index contributed by atoms with van der Waals surface area (Å²) >= 11 is 1.22. The van der Waals surface area contributed by atoms with Gasteiger partial charge in [0.2, 0.25) is 0 Å². The summed E-state index contributed by atoms with van der Waals surface area (Å²) in [5.74, 6) is 6.80. The minimum Gasteiger partial charge on any atom is -0.495 e. The van der Waals surface area contributed by atoms with Gasteiger partial charge >= 0.3 is 0 Å². The Bertz CT molecular complexity index is 545. The standard InChI is InChI=1S/C13H13NO4S/c1-10(15)19-8-4-3-5-11-6-7-12(14(16)17)9-13(11)18-2/h6-7,9H,4,8H2,1-2H3. The van der Waals surface area contributed by atoms with E-state index in [9.17, 15) is 14.9 Å². The second-order valence-electron chi connectivity index (χ2n) is 3.53. The zero-order chi connectivity index (χ0) is 14.3. The zero-order valence-corrected chi connectivity index (χ0v) is 11.5. The van der Waals surface area contributed by atoms with E-state index in [2.05, 4.69) is 11.8 Å². The summed E-state index contributed by atoms with van der Waals surface area (Å²) in [6.07, 6.45) is 0.574. The van der Waals surface area contributed by atoms with E-state index in [0.29, 0.717) is 23.5 Å². The quantitative estimate of drug-likeness (QED) is 0.367. The van der Waals surface area contributed by atoms with Gasteiger partial charge in [-0.2, -0.15) is 0 Å². The van der Waals surface area contributed by atoms with Gasteiger partial charge in [-0.05, 0) is 6.07 Å². The van der Waals surface area contributed by atoms with Crippen LogP contribution in [-0.2, 0) is 4.79 Å². The summed E-state index contributed by atoms with van der Waals surface area (Å²) in [6.45, 7) is 1.51. The molecule has 0 radical (unpaired) electrons. The predicted octanol–water partition coefficient (Wildman–Crippen LogP) is 2.62. The van der Waals surface area contributed by atoms with Crippen molar-refractivity contribution in [3.05, 3.63) is 33.9 Å². The number of methoxy groups -OCH3 is 1. The Morgan fingerprint density at radius 3 is 2.84 bits per heavy atom. The van der Waals surface area contributed by atoms with Crippen molar-refractivity contribution in [1.82, 2.24) is 0 Å². The molecule has 5 nitrogen and oxygen atoms in total. The summed E-state index contributed by atoms with van der Waals surface area (Å²) in [7, 11) is 1.44. The van der Waals surface area contributed by atoms with Gasteiger partial charge in [0.15, 0.2) is 5.12 Å². The summed E-state index contributed by atoms with van der Waals surface area (Å²) in [6, 6.07) is 4.28. The monoisotopic (exact) mass is 279 g/mol. The van der Waals surface area contributed by atoms with E-state index in [1.165, 1.54) is 37.9 Å². The van der Waals surface area contributed by atoms with Crippen LogP contribution in [0.15, 0.2) is 18.2 Å². The van der Waals surface area contributed by atoms with Crippen molar-refractivity contribution >= 4 is 22.6 Å². The summed E-state index contributed by atoms with van der Waals surface area (Å²) in [5, 5.41) is 10.7. The van der Waals surface area contributed by atoms with E-state index in [-0.39, 0.29) is 10.8 Å². The minimum absolute atomic E-state index is 0.0328. The molecule has 0 N–H and O–H groups in total. The summed E-state index contributed by atoms with van der Waals surface area (Å²) in [4.78, 5) is 20.8. The van der Waals surface area contributed by atoms with Crippen molar-refractivity contribution in [1.29, 1.82) is 0 Å². The molecule has 0 aromatic heterocycles. The molecule has 1 rings (SSSR count). The molecule has 0 aliphatic rings. The molecular formula is C13H13NO4S. The van der Waals surface area contributed by atoms with E-state index < -0.39 is 4.92 Å². The maximum atomic E-state index is 10.7. The molecule has 0 bridgehead atoms. The first-order valence-corrected chi connectivity index (χ1v) is 6.48. The number of hydrogen-bond donors (Lipinski definition) is 0. The maximum Gasteiger partial charge on any atom is 0.273 e. The van der Waals surface area contributed by atoms with Gasteiger partial charge in [-0.1, -0.05) is 23.6 Å². The van der Waals surface area contributed by atoms with Crippen LogP contribution in [-0.4, -0.2) is 22.9 Å². The third-order valence-corrected chi connectivity index (χ3v) is 2.97. The molecule has 0 saturated carbocycles. The molecule has 0 amide bonds. The van der Waals surface area contributed by atoms with Crippen LogP contribution < -0.4 is 4.74 Å². The fraction of sp³-hybridized carbons (Fsp3) is 0.308. The van der Waals surface area contributed by atoms with Crippen LogP contribution >= 0.6 is 11.8 Å². The first kappa shape index (κ1) is 15.1. The highest BCUT2D eigenvalue weighted by atomic mass is 32.2. The van der Waals surface area contributed by atoms with Gasteiger partial charge in [-0.15, -0.1) is 0 Å². The Morgan fingerprint density at radius 2 is 2.26 bits per heavy atom. The number of nitro benzene ring substituents is 1. The number of non-ortho nitro benzene ring substituents is 1. The molecule has 0 aliphatic heterocycles. The Hall–Kier alpha value is -2.00. The van der Waals surface area contributed by atoms with Crippen molar-refractivity contribution in [2.75, 3.05) is 12.9 Å². The molecule has 0 fully saturated rings. The lowest BCUT2D eigenvalue weighted by atomic mass is 10.2. The Kier molecular flexibility index (Phi) is 5.90. The number of hydrogen-bond acceptors (Lipinski definition) is 5. The smallest absolute Gasteiger partial charge is 0.273 e. The molecule has 1 aromatic rings. The second-order valence-corrected chi connectivity index (χ2v) is 4.81. The molecular weight excluding hydrogens is 266 g/mol. The minimum atomic E-state index is -0.483. The number of rotatable bonds is 4. The first-order valence-electron chi connectivity index (χ1n) is 5.49. The predicted molar refractivity (Wildman–Crippen MR) is 74.3 cm³/mol.